The zero-order valence-electron chi connectivity index (χ0n) is 12.0. The summed E-state index contributed by atoms with van der Waals surface area (Å²) in [5, 5.41) is 3.62. The molecule has 0 radical (unpaired) electrons. The van der Waals surface area contributed by atoms with Gasteiger partial charge in [0.05, 0.1) is 0 Å². The van der Waals surface area contributed by atoms with Crippen LogP contribution in [-0.4, -0.2) is 7.05 Å². The van der Waals surface area contributed by atoms with Crippen LogP contribution in [0.4, 0.5) is 0 Å². The van der Waals surface area contributed by atoms with Gasteiger partial charge in [-0.3, -0.25) is 0 Å². The van der Waals surface area contributed by atoms with E-state index in [9.17, 15) is 0 Å². The normalized spacial score (nSPS) is 33.6. The number of aryl methyl sites for hydroxylation is 2. The van der Waals surface area contributed by atoms with Crippen LogP contribution in [0.5, 0.6) is 0 Å². The lowest BCUT2D eigenvalue weighted by molar-refractivity contribution is 0.444. The highest BCUT2D eigenvalue weighted by atomic mass is 14.9. The largest absolute Gasteiger partial charge is 0.313 e. The minimum atomic E-state index is 0.613. The molecule has 2 fully saturated rings. The Kier molecular flexibility index (Phi) is 2.91. The van der Waals surface area contributed by atoms with E-state index < -0.39 is 0 Å². The summed E-state index contributed by atoms with van der Waals surface area (Å²) in [6.45, 7) is 0. The molecule has 4 rings (SSSR count). The Balaban J connectivity index is 1.60. The van der Waals surface area contributed by atoms with Crippen molar-refractivity contribution in [1.82, 2.24) is 5.32 Å². The number of fused-ring (bicyclic) bond motifs is 2. The summed E-state index contributed by atoms with van der Waals surface area (Å²) in [4.78, 5) is 0. The van der Waals surface area contributed by atoms with Gasteiger partial charge in [-0.1, -0.05) is 24.6 Å². The average molecular weight is 255 g/mol. The Morgan fingerprint density at radius 1 is 1.00 bits per heavy atom. The van der Waals surface area contributed by atoms with Crippen LogP contribution in [0.3, 0.4) is 0 Å². The van der Waals surface area contributed by atoms with Gasteiger partial charge in [-0.15, -0.1) is 0 Å². The van der Waals surface area contributed by atoms with Crippen molar-refractivity contribution in [3.05, 3.63) is 34.9 Å². The molecule has 0 spiro atoms. The SMILES string of the molecule is CNC(c1ccc2c(c1)CCCC2)C1C2CCCC21. The van der Waals surface area contributed by atoms with Crippen LogP contribution >= 0.6 is 0 Å². The molecule has 0 amide bonds. The first kappa shape index (κ1) is 12.0. The van der Waals surface area contributed by atoms with E-state index in [2.05, 4.69) is 30.6 Å². The third-order valence-electron chi connectivity index (χ3n) is 5.90. The topological polar surface area (TPSA) is 12.0 Å². The smallest absolute Gasteiger partial charge is 0.0351 e. The molecular weight excluding hydrogens is 230 g/mol. The van der Waals surface area contributed by atoms with E-state index in [1.54, 1.807) is 16.7 Å². The second-order valence-electron chi connectivity index (χ2n) is 6.84. The maximum atomic E-state index is 3.62. The predicted octanol–water partition coefficient (Wildman–Crippen LogP) is 3.87. The van der Waals surface area contributed by atoms with E-state index in [1.165, 1.54) is 44.9 Å². The third kappa shape index (κ3) is 1.94. The van der Waals surface area contributed by atoms with Gasteiger partial charge in [0, 0.05) is 6.04 Å². The molecule has 3 aliphatic rings. The van der Waals surface area contributed by atoms with Gasteiger partial charge in [-0.2, -0.15) is 0 Å². The summed E-state index contributed by atoms with van der Waals surface area (Å²) in [6, 6.07) is 7.94. The van der Waals surface area contributed by atoms with Gasteiger partial charge < -0.3 is 5.32 Å². The van der Waals surface area contributed by atoms with Gasteiger partial charge >= 0.3 is 0 Å². The van der Waals surface area contributed by atoms with E-state index in [-0.39, 0.29) is 0 Å². The number of nitrogens with one attached hydrogen (secondary N) is 1. The molecule has 1 aromatic carbocycles. The standard InChI is InChI=1S/C18H25N/c1-19-18(17-15-7-4-8-16(15)17)14-10-9-12-5-2-3-6-13(12)11-14/h9-11,15-19H,2-8H2,1H3. The van der Waals surface area contributed by atoms with Gasteiger partial charge in [-0.05, 0) is 80.0 Å². The van der Waals surface area contributed by atoms with Gasteiger partial charge in [0.2, 0.25) is 0 Å². The van der Waals surface area contributed by atoms with E-state index in [0.29, 0.717) is 6.04 Å². The van der Waals surface area contributed by atoms with E-state index >= 15 is 0 Å². The molecule has 0 aromatic heterocycles. The zero-order chi connectivity index (χ0) is 12.8. The van der Waals surface area contributed by atoms with Crippen molar-refractivity contribution in [2.75, 3.05) is 7.05 Å². The fraction of sp³-hybridized carbons (Fsp3) is 0.667. The highest BCUT2D eigenvalue weighted by molar-refractivity contribution is 5.36. The summed E-state index contributed by atoms with van der Waals surface area (Å²) >= 11 is 0. The van der Waals surface area contributed by atoms with Gasteiger partial charge in [0.15, 0.2) is 0 Å². The number of hydrogen-bond donors (Lipinski definition) is 1. The van der Waals surface area contributed by atoms with E-state index in [1.807, 2.05) is 0 Å². The van der Waals surface area contributed by atoms with Crippen LogP contribution in [0.1, 0.15) is 54.8 Å². The Bertz CT molecular complexity index is 469. The van der Waals surface area contributed by atoms with Gasteiger partial charge in [0.1, 0.15) is 0 Å². The molecule has 3 aliphatic carbocycles. The molecular formula is C18H25N. The second kappa shape index (κ2) is 4.63. The molecule has 3 unspecified atom stereocenters. The first-order chi connectivity index (χ1) is 9.38. The van der Waals surface area contributed by atoms with Gasteiger partial charge in [0.25, 0.3) is 0 Å². The van der Waals surface area contributed by atoms with Crippen molar-refractivity contribution in [1.29, 1.82) is 0 Å². The predicted molar refractivity (Wildman–Crippen MR) is 79.2 cm³/mol. The number of rotatable bonds is 3. The lowest BCUT2D eigenvalue weighted by Crippen LogP contribution is -2.21. The molecule has 3 atom stereocenters. The minimum Gasteiger partial charge on any atom is -0.313 e. The fourth-order valence-corrected chi connectivity index (χ4v) is 4.90. The molecule has 1 aromatic rings. The Morgan fingerprint density at radius 3 is 2.47 bits per heavy atom. The average Bonchev–Trinajstić information content (AvgIpc) is 2.92. The Hall–Kier alpha value is -0.820. The highest BCUT2D eigenvalue weighted by Crippen LogP contribution is 2.62. The fourth-order valence-electron chi connectivity index (χ4n) is 4.90. The minimum absolute atomic E-state index is 0.613. The van der Waals surface area contributed by atoms with Crippen molar-refractivity contribution in [3.8, 4) is 0 Å². The lowest BCUT2D eigenvalue weighted by Gasteiger charge is -2.22. The Labute approximate surface area is 116 Å². The lowest BCUT2D eigenvalue weighted by atomic mass is 9.87. The van der Waals surface area contributed by atoms with Crippen LogP contribution in [0.2, 0.25) is 0 Å². The van der Waals surface area contributed by atoms with Crippen LogP contribution < -0.4 is 5.32 Å². The quantitative estimate of drug-likeness (QED) is 0.864. The monoisotopic (exact) mass is 255 g/mol. The number of hydrogen-bond acceptors (Lipinski definition) is 1. The maximum Gasteiger partial charge on any atom is 0.0351 e. The van der Waals surface area contributed by atoms with Crippen molar-refractivity contribution >= 4 is 0 Å². The van der Waals surface area contributed by atoms with Crippen molar-refractivity contribution < 1.29 is 0 Å². The highest BCUT2D eigenvalue weighted by Gasteiger charge is 2.55. The molecule has 102 valence electrons. The Morgan fingerprint density at radius 2 is 1.74 bits per heavy atom. The first-order valence-corrected chi connectivity index (χ1v) is 8.17. The van der Waals surface area contributed by atoms with E-state index in [0.717, 1.165) is 17.8 Å². The summed E-state index contributed by atoms with van der Waals surface area (Å²) in [5.41, 5.74) is 4.80. The summed E-state index contributed by atoms with van der Waals surface area (Å²) < 4.78 is 0. The second-order valence-corrected chi connectivity index (χ2v) is 6.84. The molecule has 1 N–H and O–H groups in total. The summed E-state index contributed by atoms with van der Waals surface area (Å²) in [5.74, 6) is 3.00. The van der Waals surface area contributed by atoms with Crippen molar-refractivity contribution in [2.45, 2.75) is 51.0 Å². The van der Waals surface area contributed by atoms with Crippen LogP contribution in [0.25, 0.3) is 0 Å². The molecule has 0 heterocycles. The molecule has 19 heavy (non-hydrogen) atoms. The van der Waals surface area contributed by atoms with E-state index in [4.69, 9.17) is 0 Å². The molecule has 0 bridgehead atoms. The zero-order valence-corrected chi connectivity index (χ0v) is 12.0. The van der Waals surface area contributed by atoms with Crippen LogP contribution in [-0.2, 0) is 12.8 Å². The molecule has 0 saturated heterocycles. The molecule has 2 saturated carbocycles. The maximum absolute atomic E-state index is 3.62. The van der Waals surface area contributed by atoms with Crippen LogP contribution in [0, 0.1) is 17.8 Å². The van der Waals surface area contributed by atoms with Crippen molar-refractivity contribution in [2.24, 2.45) is 17.8 Å². The molecule has 0 aliphatic heterocycles. The number of benzene rings is 1. The summed E-state index contributed by atoms with van der Waals surface area (Å²) in [7, 11) is 2.15. The first-order valence-electron chi connectivity index (χ1n) is 8.17. The molecule has 1 heteroatoms. The van der Waals surface area contributed by atoms with Gasteiger partial charge in [-0.25, -0.2) is 0 Å². The van der Waals surface area contributed by atoms with Crippen molar-refractivity contribution in [3.63, 3.8) is 0 Å². The molecule has 1 nitrogen and oxygen atoms in total. The summed E-state index contributed by atoms with van der Waals surface area (Å²) in [6.07, 6.45) is 9.82. The third-order valence-corrected chi connectivity index (χ3v) is 5.90. The van der Waals surface area contributed by atoms with Crippen LogP contribution in [0.15, 0.2) is 18.2 Å².